The number of aromatic carboxylic acids is 1. The van der Waals surface area contributed by atoms with Crippen molar-refractivity contribution in [2.24, 2.45) is 0 Å². The highest BCUT2D eigenvalue weighted by atomic mass is 32.2. The van der Waals surface area contributed by atoms with Crippen molar-refractivity contribution in [1.82, 2.24) is 4.57 Å². The molecular weight excluding hydrogens is 234 g/mol. The number of aromatic nitrogens is 1. The highest BCUT2D eigenvalue weighted by Crippen LogP contribution is 2.20. The van der Waals surface area contributed by atoms with E-state index in [-0.39, 0.29) is 0 Å². The molecule has 1 heterocycles. The van der Waals surface area contributed by atoms with Gasteiger partial charge in [-0.1, -0.05) is 6.07 Å². The van der Waals surface area contributed by atoms with Gasteiger partial charge in [0.25, 0.3) is 0 Å². The van der Waals surface area contributed by atoms with E-state index in [4.69, 9.17) is 5.11 Å². The number of hydrogen-bond donors (Lipinski definition) is 1. The summed E-state index contributed by atoms with van der Waals surface area (Å²) in [5, 5.41) is 9.92. The van der Waals surface area contributed by atoms with Crippen molar-refractivity contribution in [2.75, 3.05) is 12.0 Å². The lowest BCUT2D eigenvalue weighted by molar-refractivity contribution is 0.0699. The van der Waals surface area contributed by atoms with Gasteiger partial charge in [0.2, 0.25) is 0 Å². The Balaban J connectivity index is 2.34. The van der Waals surface area contributed by atoms with Gasteiger partial charge in [0.15, 0.2) is 0 Å². The summed E-state index contributed by atoms with van der Waals surface area (Å²) in [6.45, 7) is 0.938. The van der Waals surface area contributed by atoms with Crippen LogP contribution in [-0.4, -0.2) is 27.7 Å². The first-order chi connectivity index (χ1) is 8.24. The Labute approximate surface area is 104 Å². The number of fused-ring (bicyclic) bond motifs is 1. The molecule has 4 heteroatoms. The molecule has 0 aliphatic heterocycles. The summed E-state index contributed by atoms with van der Waals surface area (Å²) in [5.41, 5.74) is 1.39. The molecule has 0 radical (unpaired) electrons. The molecule has 0 aliphatic rings. The summed E-state index contributed by atoms with van der Waals surface area (Å²) in [6.07, 6.45) is 5.16. The van der Waals surface area contributed by atoms with Crippen LogP contribution in [0, 0.1) is 0 Å². The van der Waals surface area contributed by atoms with Crippen LogP contribution in [-0.2, 0) is 6.54 Å². The Kier molecular flexibility index (Phi) is 3.74. The second-order valence-electron chi connectivity index (χ2n) is 3.90. The van der Waals surface area contributed by atoms with Crippen molar-refractivity contribution in [1.29, 1.82) is 0 Å². The van der Waals surface area contributed by atoms with Crippen molar-refractivity contribution in [2.45, 2.75) is 13.0 Å². The van der Waals surface area contributed by atoms with Crippen LogP contribution in [0.4, 0.5) is 0 Å². The van der Waals surface area contributed by atoms with Crippen LogP contribution < -0.4 is 0 Å². The normalized spacial score (nSPS) is 10.9. The first kappa shape index (κ1) is 12.0. The molecule has 0 atom stereocenters. The first-order valence-electron chi connectivity index (χ1n) is 5.54. The monoisotopic (exact) mass is 249 g/mol. The summed E-state index contributed by atoms with van der Waals surface area (Å²) in [4.78, 5) is 11.1. The number of thioether (sulfide) groups is 1. The summed E-state index contributed by atoms with van der Waals surface area (Å²) in [7, 11) is 0. The zero-order valence-corrected chi connectivity index (χ0v) is 10.5. The minimum Gasteiger partial charge on any atom is -0.478 e. The lowest BCUT2D eigenvalue weighted by atomic mass is 10.1. The highest BCUT2D eigenvalue weighted by molar-refractivity contribution is 7.98. The number of rotatable bonds is 5. The van der Waals surface area contributed by atoms with Gasteiger partial charge in [0.1, 0.15) is 0 Å². The molecule has 1 aromatic heterocycles. The molecule has 1 N–H and O–H groups in total. The summed E-state index contributed by atoms with van der Waals surface area (Å²) in [5.74, 6) is 0.260. The topological polar surface area (TPSA) is 42.2 Å². The molecule has 0 amide bonds. The smallest absolute Gasteiger partial charge is 0.336 e. The zero-order valence-electron chi connectivity index (χ0n) is 9.72. The van der Waals surface area contributed by atoms with Crippen molar-refractivity contribution < 1.29 is 9.90 Å². The largest absolute Gasteiger partial charge is 0.478 e. The number of benzene rings is 1. The van der Waals surface area contributed by atoms with Gasteiger partial charge in [-0.05, 0) is 36.6 Å². The second-order valence-corrected chi connectivity index (χ2v) is 4.88. The molecule has 3 nitrogen and oxygen atoms in total. The molecular formula is C13H15NO2S. The van der Waals surface area contributed by atoms with Crippen molar-refractivity contribution >= 4 is 28.6 Å². The fourth-order valence-corrected chi connectivity index (χ4v) is 2.40. The standard InChI is InChI=1S/C13H15NO2S/c1-17-9-3-7-14-8-6-10-11(13(15)16)4-2-5-12(10)14/h2,4-6,8H,3,7,9H2,1H3,(H,15,16). The van der Waals surface area contributed by atoms with E-state index in [0.717, 1.165) is 29.6 Å². The first-order valence-corrected chi connectivity index (χ1v) is 6.93. The van der Waals surface area contributed by atoms with E-state index in [9.17, 15) is 4.79 Å². The number of hydrogen-bond acceptors (Lipinski definition) is 2. The van der Waals surface area contributed by atoms with Gasteiger partial charge in [-0.15, -0.1) is 0 Å². The van der Waals surface area contributed by atoms with Crippen molar-refractivity contribution in [3.8, 4) is 0 Å². The van der Waals surface area contributed by atoms with Crippen LogP contribution in [0.2, 0.25) is 0 Å². The van der Waals surface area contributed by atoms with E-state index in [0.29, 0.717) is 5.56 Å². The third-order valence-corrected chi connectivity index (χ3v) is 3.49. The van der Waals surface area contributed by atoms with E-state index in [2.05, 4.69) is 10.8 Å². The maximum absolute atomic E-state index is 11.1. The maximum Gasteiger partial charge on any atom is 0.336 e. The molecule has 0 unspecified atom stereocenters. The number of carboxylic acids is 1. The molecule has 1 aromatic carbocycles. The van der Waals surface area contributed by atoms with Crippen LogP contribution in [0.15, 0.2) is 30.5 Å². The molecule has 17 heavy (non-hydrogen) atoms. The maximum atomic E-state index is 11.1. The molecule has 0 aliphatic carbocycles. The molecule has 0 fully saturated rings. The van der Waals surface area contributed by atoms with Crippen LogP contribution in [0.1, 0.15) is 16.8 Å². The minimum absolute atomic E-state index is 0.381. The minimum atomic E-state index is -0.863. The van der Waals surface area contributed by atoms with Gasteiger partial charge in [-0.3, -0.25) is 0 Å². The molecule has 0 saturated carbocycles. The van der Waals surface area contributed by atoms with Gasteiger partial charge < -0.3 is 9.67 Å². The fourth-order valence-electron chi connectivity index (χ4n) is 1.98. The molecule has 2 aromatic rings. The fraction of sp³-hybridized carbons (Fsp3) is 0.308. The van der Waals surface area contributed by atoms with E-state index in [1.807, 2.05) is 30.1 Å². The van der Waals surface area contributed by atoms with Crippen molar-refractivity contribution in [3.05, 3.63) is 36.0 Å². The van der Waals surface area contributed by atoms with Crippen LogP contribution in [0.25, 0.3) is 10.9 Å². The lowest BCUT2D eigenvalue weighted by Crippen LogP contribution is -1.99. The molecule has 0 saturated heterocycles. The van der Waals surface area contributed by atoms with E-state index in [1.165, 1.54) is 0 Å². The lowest BCUT2D eigenvalue weighted by Gasteiger charge is -2.05. The number of carbonyl (C=O) groups is 1. The van der Waals surface area contributed by atoms with Gasteiger partial charge in [-0.25, -0.2) is 4.79 Å². The SMILES string of the molecule is CSCCCn1ccc2c(C(=O)O)cccc21. The Morgan fingerprint density at radius 1 is 1.41 bits per heavy atom. The molecule has 2 rings (SSSR count). The summed E-state index contributed by atoms with van der Waals surface area (Å²) < 4.78 is 2.12. The number of aryl methyl sites for hydroxylation is 1. The number of carboxylic acid groups (broad SMARTS) is 1. The van der Waals surface area contributed by atoms with Gasteiger partial charge >= 0.3 is 5.97 Å². The predicted octanol–water partition coefficient (Wildman–Crippen LogP) is 3.09. The molecule has 0 bridgehead atoms. The number of nitrogens with zero attached hydrogens (tertiary/aromatic N) is 1. The van der Waals surface area contributed by atoms with Crippen LogP contribution in [0.3, 0.4) is 0 Å². The predicted molar refractivity (Wildman–Crippen MR) is 71.9 cm³/mol. The quantitative estimate of drug-likeness (QED) is 0.828. The Morgan fingerprint density at radius 2 is 2.24 bits per heavy atom. The van der Waals surface area contributed by atoms with E-state index in [1.54, 1.807) is 12.1 Å². The Morgan fingerprint density at radius 3 is 2.94 bits per heavy atom. The van der Waals surface area contributed by atoms with E-state index < -0.39 is 5.97 Å². The van der Waals surface area contributed by atoms with Gasteiger partial charge in [0.05, 0.1) is 5.56 Å². The third-order valence-electron chi connectivity index (χ3n) is 2.79. The summed E-state index contributed by atoms with van der Waals surface area (Å²) in [6, 6.07) is 7.31. The van der Waals surface area contributed by atoms with Crippen LogP contribution >= 0.6 is 11.8 Å². The van der Waals surface area contributed by atoms with Gasteiger partial charge in [0, 0.05) is 23.6 Å². The van der Waals surface area contributed by atoms with Crippen molar-refractivity contribution in [3.63, 3.8) is 0 Å². The second kappa shape index (κ2) is 5.27. The Hall–Kier alpha value is -1.42. The van der Waals surface area contributed by atoms with Crippen LogP contribution in [0.5, 0.6) is 0 Å². The molecule has 90 valence electrons. The van der Waals surface area contributed by atoms with E-state index >= 15 is 0 Å². The third kappa shape index (κ3) is 2.47. The summed E-state index contributed by atoms with van der Waals surface area (Å²) >= 11 is 1.83. The Bertz CT molecular complexity index is 533. The molecule has 0 spiro atoms. The highest BCUT2D eigenvalue weighted by Gasteiger charge is 2.10. The average molecular weight is 249 g/mol. The van der Waals surface area contributed by atoms with Gasteiger partial charge in [-0.2, -0.15) is 11.8 Å². The average Bonchev–Trinajstić information content (AvgIpc) is 2.72. The zero-order chi connectivity index (χ0) is 12.3.